The second-order valence-electron chi connectivity index (χ2n) is 4.55. The summed E-state index contributed by atoms with van der Waals surface area (Å²) in [5.41, 5.74) is 0. The lowest BCUT2D eigenvalue weighted by Gasteiger charge is -2.31. The van der Waals surface area contributed by atoms with Gasteiger partial charge in [0.1, 0.15) is 0 Å². The van der Waals surface area contributed by atoms with Gasteiger partial charge in [-0.25, -0.2) is 4.79 Å². The Morgan fingerprint density at radius 1 is 1.53 bits per heavy atom. The van der Waals surface area contributed by atoms with E-state index in [1.54, 1.807) is 16.2 Å². The van der Waals surface area contributed by atoms with Crippen LogP contribution in [0.25, 0.3) is 0 Å². The number of ether oxygens (including phenoxy) is 1. The Bertz CT molecular complexity index is 417. The molecule has 1 aromatic heterocycles. The van der Waals surface area contributed by atoms with Crippen LogP contribution in [0.5, 0.6) is 0 Å². The molecular formula is C13H19BrN2O2S. The number of hydrogen-bond acceptors (Lipinski definition) is 4. The first-order valence-corrected chi connectivity index (χ1v) is 8.19. The molecule has 1 fully saturated rings. The summed E-state index contributed by atoms with van der Waals surface area (Å²) < 4.78 is 6.18. The molecule has 1 aliphatic heterocycles. The normalized spacial score (nSPS) is 16.6. The summed E-state index contributed by atoms with van der Waals surface area (Å²) in [6.45, 7) is 4.76. The third kappa shape index (κ3) is 4.47. The molecule has 0 unspecified atom stereocenters. The fourth-order valence-electron chi connectivity index (χ4n) is 2.17. The molecule has 2 heterocycles. The van der Waals surface area contributed by atoms with Gasteiger partial charge in [0.15, 0.2) is 0 Å². The summed E-state index contributed by atoms with van der Waals surface area (Å²) in [7, 11) is 0. The lowest BCUT2D eigenvalue weighted by atomic mass is 10.1. The van der Waals surface area contributed by atoms with Gasteiger partial charge in [-0.1, -0.05) is 0 Å². The van der Waals surface area contributed by atoms with Crippen LogP contribution >= 0.6 is 27.3 Å². The van der Waals surface area contributed by atoms with Gasteiger partial charge in [-0.05, 0) is 47.8 Å². The molecule has 0 radical (unpaired) electrons. The van der Waals surface area contributed by atoms with Crippen molar-refractivity contribution < 1.29 is 9.53 Å². The number of halogens is 1. The predicted octanol–water partition coefficient (Wildman–Crippen LogP) is 3.22. The number of piperidine rings is 1. The van der Waals surface area contributed by atoms with E-state index < -0.39 is 0 Å². The van der Waals surface area contributed by atoms with E-state index in [-0.39, 0.29) is 6.09 Å². The molecule has 0 saturated carbocycles. The number of nitrogens with one attached hydrogen (secondary N) is 1. The number of carbonyl (C=O) groups is 1. The number of rotatable bonds is 4. The largest absolute Gasteiger partial charge is 0.450 e. The summed E-state index contributed by atoms with van der Waals surface area (Å²) in [5.74, 6) is 0. The molecule has 1 saturated heterocycles. The Morgan fingerprint density at radius 2 is 2.26 bits per heavy atom. The van der Waals surface area contributed by atoms with Gasteiger partial charge in [0.25, 0.3) is 0 Å². The van der Waals surface area contributed by atoms with E-state index in [2.05, 4.69) is 33.4 Å². The Morgan fingerprint density at radius 3 is 2.84 bits per heavy atom. The van der Waals surface area contributed by atoms with Gasteiger partial charge in [-0.3, -0.25) is 0 Å². The fraction of sp³-hybridized carbons (Fsp3) is 0.615. The van der Waals surface area contributed by atoms with Crippen LogP contribution in [0.3, 0.4) is 0 Å². The van der Waals surface area contributed by atoms with Crippen molar-refractivity contribution in [1.29, 1.82) is 0 Å². The predicted molar refractivity (Wildman–Crippen MR) is 80.5 cm³/mol. The molecule has 4 nitrogen and oxygen atoms in total. The minimum atomic E-state index is -0.178. The van der Waals surface area contributed by atoms with E-state index >= 15 is 0 Å². The zero-order chi connectivity index (χ0) is 13.7. The van der Waals surface area contributed by atoms with Gasteiger partial charge in [0.2, 0.25) is 0 Å². The highest BCUT2D eigenvalue weighted by molar-refractivity contribution is 9.11. The monoisotopic (exact) mass is 346 g/mol. The number of thiophene rings is 1. The zero-order valence-electron chi connectivity index (χ0n) is 11.0. The van der Waals surface area contributed by atoms with E-state index in [9.17, 15) is 4.79 Å². The minimum Gasteiger partial charge on any atom is -0.450 e. The van der Waals surface area contributed by atoms with Crippen LogP contribution < -0.4 is 5.32 Å². The third-order valence-electron chi connectivity index (χ3n) is 3.21. The van der Waals surface area contributed by atoms with Crippen molar-refractivity contribution >= 4 is 33.4 Å². The van der Waals surface area contributed by atoms with Gasteiger partial charge in [0, 0.05) is 30.6 Å². The molecular weight excluding hydrogens is 328 g/mol. The summed E-state index contributed by atoms with van der Waals surface area (Å²) in [6.07, 6.45) is 1.81. The van der Waals surface area contributed by atoms with E-state index in [0.29, 0.717) is 12.6 Å². The average Bonchev–Trinajstić information content (AvgIpc) is 2.83. The van der Waals surface area contributed by atoms with Crippen LogP contribution in [-0.4, -0.2) is 36.7 Å². The van der Waals surface area contributed by atoms with Gasteiger partial charge in [0.05, 0.1) is 10.4 Å². The van der Waals surface area contributed by atoms with E-state index in [1.165, 1.54) is 8.66 Å². The Labute approximate surface area is 126 Å². The zero-order valence-corrected chi connectivity index (χ0v) is 13.4. The molecule has 2 rings (SSSR count). The molecule has 1 N–H and O–H groups in total. The highest BCUT2D eigenvalue weighted by Crippen LogP contribution is 2.22. The second-order valence-corrected chi connectivity index (χ2v) is 7.09. The van der Waals surface area contributed by atoms with Crippen molar-refractivity contribution in [1.82, 2.24) is 10.2 Å². The lowest BCUT2D eigenvalue weighted by molar-refractivity contribution is 0.0950. The standard InChI is InChI=1S/C13H19BrN2O2S/c1-2-18-13(17)16-7-5-10(6-8-16)15-9-11-3-4-12(14)19-11/h3-4,10,15H,2,5-9H2,1H3. The number of carbonyl (C=O) groups excluding carboxylic acids is 1. The van der Waals surface area contributed by atoms with Crippen LogP contribution in [0.1, 0.15) is 24.6 Å². The second kappa shape index (κ2) is 7.26. The van der Waals surface area contributed by atoms with Crippen LogP contribution in [0.2, 0.25) is 0 Å². The number of likely N-dealkylation sites (tertiary alicyclic amines) is 1. The Kier molecular flexibility index (Phi) is 5.66. The lowest BCUT2D eigenvalue weighted by Crippen LogP contribution is -2.44. The maximum absolute atomic E-state index is 11.6. The van der Waals surface area contributed by atoms with Crippen molar-refractivity contribution in [2.24, 2.45) is 0 Å². The molecule has 1 aliphatic rings. The Balaban J connectivity index is 1.70. The summed E-state index contributed by atoms with van der Waals surface area (Å²) in [6, 6.07) is 4.70. The van der Waals surface area contributed by atoms with Gasteiger partial charge in [-0.2, -0.15) is 0 Å². The van der Waals surface area contributed by atoms with Gasteiger partial charge in [-0.15, -0.1) is 11.3 Å². The molecule has 6 heteroatoms. The number of hydrogen-bond donors (Lipinski definition) is 1. The topological polar surface area (TPSA) is 41.6 Å². The van der Waals surface area contributed by atoms with E-state index in [4.69, 9.17) is 4.74 Å². The molecule has 0 aliphatic carbocycles. The smallest absolute Gasteiger partial charge is 0.409 e. The molecule has 0 spiro atoms. The quantitative estimate of drug-likeness (QED) is 0.909. The van der Waals surface area contributed by atoms with Gasteiger partial charge >= 0.3 is 6.09 Å². The highest BCUT2D eigenvalue weighted by Gasteiger charge is 2.23. The summed E-state index contributed by atoms with van der Waals surface area (Å²) in [4.78, 5) is 14.7. The maximum atomic E-state index is 11.6. The Hall–Kier alpha value is -0.590. The number of amides is 1. The molecule has 0 atom stereocenters. The van der Waals surface area contributed by atoms with Crippen LogP contribution in [0.15, 0.2) is 15.9 Å². The SMILES string of the molecule is CCOC(=O)N1CCC(NCc2ccc(Br)s2)CC1. The van der Waals surface area contributed by atoms with Crippen molar-refractivity contribution in [2.45, 2.75) is 32.4 Å². The molecule has 1 amide bonds. The first-order valence-electron chi connectivity index (χ1n) is 6.58. The molecule has 19 heavy (non-hydrogen) atoms. The minimum absolute atomic E-state index is 0.178. The third-order valence-corrected chi connectivity index (χ3v) is 4.84. The van der Waals surface area contributed by atoms with Crippen molar-refractivity contribution in [3.8, 4) is 0 Å². The molecule has 1 aromatic rings. The van der Waals surface area contributed by atoms with Crippen molar-refractivity contribution in [3.05, 3.63) is 20.8 Å². The van der Waals surface area contributed by atoms with E-state index in [0.717, 1.165) is 32.5 Å². The van der Waals surface area contributed by atoms with Crippen LogP contribution in [0, 0.1) is 0 Å². The van der Waals surface area contributed by atoms with Crippen LogP contribution in [0.4, 0.5) is 4.79 Å². The maximum Gasteiger partial charge on any atom is 0.409 e. The van der Waals surface area contributed by atoms with E-state index in [1.807, 2.05) is 6.92 Å². The van der Waals surface area contributed by atoms with Crippen molar-refractivity contribution in [3.63, 3.8) is 0 Å². The summed E-state index contributed by atoms with van der Waals surface area (Å²) in [5, 5.41) is 3.55. The summed E-state index contributed by atoms with van der Waals surface area (Å²) >= 11 is 5.23. The first-order chi connectivity index (χ1) is 9.19. The fourth-order valence-corrected chi connectivity index (χ4v) is 3.61. The van der Waals surface area contributed by atoms with Crippen molar-refractivity contribution in [2.75, 3.05) is 19.7 Å². The molecule has 0 aromatic carbocycles. The van der Waals surface area contributed by atoms with Crippen LogP contribution in [-0.2, 0) is 11.3 Å². The molecule has 106 valence electrons. The average molecular weight is 347 g/mol. The van der Waals surface area contributed by atoms with Gasteiger partial charge < -0.3 is 15.0 Å². The first kappa shape index (κ1) is 14.8. The number of nitrogens with zero attached hydrogens (tertiary/aromatic N) is 1. The highest BCUT2D eigenvalue weighted by atomic mass is 79.9. The molecule has 0 bridgehead atoms.